The van der Waals surface area contributed by atoms with Crippen molar-refractivity contribution in [1.82, 2.24) is 10.3 Å². The summed E-state index contributed by atoms with van der Waals surface area (Å²) in [5.41, 5.74) is 2.22. The number of para-hydroxylation sites is 1. The largest absolute Gasteiger partial charge is 0.481 e. The first-order chi connectivity index (χ1) is 12.0. The highest BCUT2D eigenvalue weighted by Gasteiger charge is 2.33. The van der Waals surface area contributed by atoms with Crippen LogP contribution in [0.3, 0.4) is 0 Å². The molecule has 1 fully saturated rings. The van der Waals surface area contributed by atoms with Crippen molar-refractivity contribution in [3.8, 4) is 0 Å². The Labute approximate surface area is 147 Å². The van der Waals surface area contributed by atoms with Crippen LogP contribution in [0.1, 0.15) is 38.2 Å². The molecule has 5 nitrogen and oxygen atoms in total. The van der Waals surface area contributed by atoms with E-state index in [0.717, 1.165) is 29.3 Å². The highest BCUT2D eigenvalue weighted by molar-refractivity contribution is 5.84. The number of aromatic amines is 1. The number of carboxylic acids is 1. The van der Waals surface area contributed by atoms with E-state index in [0.29, 0.717) is 31.7 Å². The number of amides is 1. The molecule has 0 saturated heterocycles. The van der Waals surface area contributed by atoms with Crippen LogP contribution >= 0.6 is 0 Å². The van der Waals surface area contributed by atoms with Gasteiger partial charge in [0.15, 0.2) is 0 Å². The molecule has 1 aliphatic carbocycles. The fourth-order valence-electron chi connectivity index (χ4n) is 3.91. The Kier molecular flexibility index (Phi) is 5.41. The number of aliphatic carboxylic acids is 1. The van der Waals surface area contributed by atoms with E-state index in [1.54, 1.807) is 0 Å². The van der Waals surface area contributed by atoms with Crippen molar-refractivity contribution in [3.05, 3.63) is 36.0 Å². The van der Waals surface area contributed by atoms with Crippen molar-refractivity contribution in [1.29, 1.82) is 0 Å². The average molecular weight is 342 g/mol. The number of aromatic nitrogens is 1. The number of carbonyl (C=O) groups excluding carboxylic acids is 1. The summed E-state index contributed by atoms with van der Waals surface area (Å²) >= 11 is 0. The molecule has 1 saturated carbocycles. The number of benzene rings is 1. The van der Waals surface area contributed by atoms with Crippen LogP contribution in [0, 0.1) is 17.8 Å². The molecule has 0 bridgehead atoms. The predicted molar refractivity (Wildman–Crippen MR) is 97.3 cm³/mol. The molecular formula is C20H26N2O3. The van der Waals surface area contributed by atoms with E-state index >= 15 is 0 Å². The zero-order chi connectivity index (χ0) is 17.8. The van der Waals surface area contributed by atoms with Crippen LogP contribution in [0.15, 0.2) is 30.5 Å². The highest BCUT2D eigenvalue weighted by Crippen LogP contribution is 2.33. The lowest BCUT2D eigenvalue weighted by Crippen LogP contribution is -2.38. The Morgan fingerprint density at radius 3 is 2.88 bits per heavy atom. The molecule has 3 atom stereocenters. The molecule has 2 aromatic rings. The standard InChI is InChI=1S/C20H26N2O3/c1-13-6-7-15(17(10-13)20(24)25)12-22-19(23)9-8-14-11-21-18-5-3-2-4-16(14)18/h2-5,11,13,15,17,21H,6-10,12H2,1H3,(H,22,23)(H,24,25)/t13-,15?,17?/m1/s1. The predicted octanol–water partition coefficient (Wildman–Crippen LogP) is 3.35. The molecule has 1 aromatic carbocycles. The zero-order valence-corrected chi connectivity index (χ0v) is 14.6. The third-order valence-electron chi connectivity index (χ3n) is 5.43. The summed E-state index contributed by atoms with van der Waals surface area (Å²) in [6.07, 6.45) is 5.69. The number of hydrogen-bond acceptors (Lipinski definition) is 2. The quantitative estimate of drug-likeness (QED) is 0.753. The molecule has 5 heteroatoms. The van der Waals surface area contributed by atoms with Gasteiger partial charge in [0.2, 0.25) is 5.91 Å². The first kappa shape index (κ1) is 17.5. The van der Waals surface area contributed by atoms with E-state index in [4.69, 9.17) is 0 Å². The number of hydrogen-bond donors (Lipinski definition) is 3. The number of rotatable bonds is 6. The van der Waals surface area contributed by atoms with Gasteiger partial charge < -0.3 is 15.4 Å². The van der Waals surface area contributed by atoms with Crippen LogP contribution < -0.4 is 5.32 Å². The van der Waals surface area contributed by atoms with Gasteiger partial charge in [-0.2, -0.15) is 0 Å². The molecule has 3 N–H and O–H groups in total. The Bertz CT molecular complexity index is 752. The highest BCUT2D eigenvalue weighted by atomic mass is 16.4. The van der Waals surface area contributed by atoms with Gasteiger partial charge in [0.1, 0.15) is 0 Å². The molecule has 25 heavy (non-hydrogen) atoms. The third-order valence-corrected chi connectivity index (χ3v) is 5.43. The summed E-state index contributed by atoms with van der Waals surface area (Å²) in [5, 5.41) is 13.5. The number of H-pyrrole nitrogens is 1. The van der Waals surface area contributed by atoms with E-state index in [9.17, 15) is 14.7 Å². The molecule has 0 spiro atoms. The number of carboxylic acid groups (broad SMARTS) is 1. The SMILES string of the molecule is C[C@@H]1CCC(CNC(=O)CCc2c[nH]c3ccccc23)C(C(=O)O)C1. The maximum atomic E-state index is 12.2. The fraction of sp³-hybridized carbons (Fsp3) is 0.500. The second-order valence-corrected chi connectivity index (χ2v) is 7.29. The second kappa shape index (κ2) is 7.72. The Balaban J connectivity index is 1.50. The van der Waals surface area contributed by atoms with Gasteiger partial charge >= 0.3 is 5.97 Å². The topological polar surface area (TPSA) is 82.2 Å². The fourth-order valence-corrected chi connectivity index (χ4v) is 3.91. The van der Waals surface area contributed by atoms with Gasteiger partial charge in [0.05, 0.1) is 5.92 Å². The van der Waals surface area contributed by atoms with E-state index in [2.05, 4.69) is 23.3 Å². The lowest BCUT2D eigenvalue weighted by Gasteiger charge is -2.32. The maximum absolute atomic E-state index is 12.2. The first-order valence-corrected chi connectivity index (χ1v) is 9.09. The van der Waals surface area contributed by atoms with Crippen LogP contribution in [0.2, 0.25) is 0 Å². The van der Waals surface area contributed by atoms with Gasteiger partial charge in [0.25, 0.3) is 0 Å². The molecule has 3 rings (SSSR count). The Morgan fingerprint density at radius 2 is 2.08 bits per heavy atom. The van der Waals surface area contributed by atoms with Crippen LogP contribution in [-0.4, -0.2) is 28.5 Å². The second-order valence-electron chi connectivity index (χ2n) is 7.29. The van der Waals surface area contributed by atoms with E-state index in [1.165, 1.54) is 0 Å². The summed E-state index contributed by atoms with van der Waals surface area (Å²) < 4.78 is 0. The van der Waals surface area contributed by atoms with Gasteiger partial charge in [-0.3, -0.25) is 9.59 Å². The van der Waals surface area contributed by atoms with Gasteiger partial charge in [-0.15, -0.1) is 0 Å². The summed E-state index contributed by atoms with van der Waals surface area (Å²) in [6.45, 7) is 2.57. The summed E-state index contributed by atoms with van der Waals surface area (Å²) in [4.78, 5) is 26.9. The van der Waals surface area contributed by atoms with Crippen molar-refractivity contribution in [2.45, 2.75) is 39.0 Å². The van der Waals surface area contributed by atoms with E-state index in [-0.39, 0.29) is 17.7 Å². The van der Waals surface area contributed by atoms with Crippen molar-refractivity contribution >= 4 is 22.8 Å². The van der Waals surface area contributed by atoms with Gasteiger partial charge in [0, 0.05) is 30.1 Å². The maximum Gasteiger partial charge on any atom is 0.306 e. The van der Waals surface area contributed by atoms with Crippen LogP contribution in [0.4, 0.5) is 0 Å². The monoisotopic (exact) mass is 342 g/mol. The molecule has 1 amide bonds. The van der Waals surface area contributed by atoms with Crippen molar-refractivity contribution < 1.29 is 14.7 Å². The zero-order valence-electron chi connectivity index (χ0n) is 14.6. The molecule has 1 heterocycles. The average Bonchev–Trinajstić information content (AvgIpc) is 3.02. The smallest absolute Gasteiger partial charge is 0.306 e. The minimum atomic E-state index is -0.732. The van der Waals surface area contributed by atoms with Crippen LogP contribution in [-0.2, 0) is 16.0 Å². The van der Waals surface area contributed by atoms with Gasteiger partial charge in [-0.25, -0.2) is 0 Å². The van der Waals surface area contributed by atoms with Crippen LogP contribution in [0.5, 0.6) is 0 Å². The normalized spacial score (nSPS) is 23.5. The minimum absolute atomic E-state index is 0.00644. The molecule has 0 aliphatic heterocycles. The number of fused-ring (bicyclic) bond motifs is 1. The van der Waals surface area contributed by atoms with E-state index in [1.807, 2.05) is 24.4 Å². The molecule has 1 aromatic heterocycles. The van der Waals surface area contributed by atoms with Crippen LogP contribution in [0.25, 0.3) is 10.9 Å². The summed E-state index contributed by atoms with van der Waals surface area (Å²) in [5.74, 6) is -0.573. The number of aryl methyl sites for hydroxylation is 1. The minimum Gasteiger partial charge on any atom is -0.481 e. The molecular weight excluding hydrogens is 316 g/mol. The summed E-state index contributed by atoms with van der Waals surface area (Å²) in [6, 6.07) is 8.06. The number of carbonyl (C=O) groups is 2. The van der Waals surface area contributed by atoms with Crippen molar-refractivity contribution in [2.24, 2.45) is 17.8 Å². The Hall–Kier alpha value is -2.30. The molecule has 134 valence electrons. The molecule has 0 radical (unpaired) electrons. The molecule has 1 aliphatic rings. The Morgan fingerprint density at radius 1 is 1.28 bits per heavy atom. The third kappa shape index (κ3) is 4.21. The van der Waals surface area contributed by atoms with Gasteiger partial charge in [-0.1, -0.05) is 31.5 Å². The van der Waals surface area contributed by atoms with Crippen molar-refractivity contribution in [3.63, 3.8) is 0 Å². The molecule has 2 unspecified atom stereocenters. The first-order valence-electron chi connectivity index (χ1n) is 9.09. The van der Waals surface area contributed by atoms with E-state index < -0.39 is 5.97 Å². The van der Waals surface area contributed by atoms with Crippen molar-refractivity contribution in [2.75, 3.05) is 6.54 Å². The lowest BCUT2D eigenvalue weighted by atomic mass is 9.74. The lowest BCUT2D eigenvalue weighted by molar-refractivity contribution is -0.145. The van der Waals surface area contributed by atoms with Gasteiger partial charge in [-0.05, 0) is 42.7 Å². The summed E-state index contributed by atoms with van der Waals surface area (Å²) in [7, 11) is 0. The number of nitrogens with one attached hydrogen (secondary N) is 2.